The minimum Gasteiger partial charge on any atom is -0.464 e. The number of ether oxygens (including phenoxy) is 1. The normalized spacial score (nSPS) is 10.6. The zero-order chi connectivity index (χ0) is 14.8. The summed E-state index contributed by atoms with van der Waals surface area (Å²) in [5.41, 5.74) is 2.90. The van der Waals surface area contributed by atoms with Crippen molar-refractivity contribution in [1.29, 1.82) is 0 Å². The molecular weight excluding hydrogens is 381 g/mol. The van der Waals surface area contributed by atoms with Crippen molar-refractivity contribution in [3.8, 4) is 0 Å². The van der Waals surface area contributed by atoms with E-state index >= 15 is 0 Å². The Bertz CT molecular complexity index is 814. The number of nitrogens with one attached hydrogen (secondary N) is 2. The average Bonchev–Trinajstić information content (AvgIpc) is 2.89. The highest BCUT2D eigenvalue weighted by atomic mass is 127. The largest absolute Gasteiger partial charge is 0.464 e. The van der Waals surface area contributed by atoms with Gasteiger partial charge in [-0.05, 0) is 52.9 Å². The summed E-state index contributed by atoms with van der Waals surface area (Å²) in [5.74, 6) is -0.403. The molecule has 0 radical (unpaired) electrons. The molecule has 0 fully saturated rings. The zero-order valence-electron chi connectivity index (χ0n) is 11.2. The fourth-order valence-electron chi connectivity index (χ4n) is 2.04. The number of methoxy groups -OCH3 is 1. The van der Waals surface area contributed by atoms with Crippen molar-refractivity contribution in [2.75, 3.05) is 12.4 Å². The van der Waals surface area contributed by atoms with E-state index in [2.05, 4.69) is 37.9 Å². The van der Waals surface area contributed by atoms with Crippen molar-refractivity contribution >= 4 is 51.0 Å². The molecule has 0 aliphatic rings. The first-order valence-electron chi connectivity index (χ1n) is 6.25. The second-order valence-electron chi connectivity index (χ2n) is 4.47. The molecule has 3 aromatic rings. The summed E-state index contributed by atoms with van der Waals surface area (Å²) in [5, 5.41) is 4.14. The van der Waals surface area contributed by atoms with Crippen molar-refractivity contribution in [3.63, 3.8) is 0 Å². The number of hydrogen-bond donors (Lipinski definition) is 2. The van der Waals surface area contributed by atoms with Gasteiger partial charge in [0.1, 0.15) is 11.3 Å². The molecule has 6 heteroatoms. The SMILES string of the molecule is COC(=O)c1cc2cc(Nc3cccc(I)c3)cnc2[nH]1. The van der Waals surface area contributed by atoms with Gasteiger partial charge in [0.2, 0.25) is 0 Å². The number of H-pyrrole nitrogens is 1. The van der Waals surface area contributed by atoms with E-state index in [9.17, 15) is 4.79 Å². The lowest BCUT2D eigenvalue weighted by Gasteiger charge is -2.06. The minimum atomic E-state index is -0.403. The Balaban J connectivity index is 1.92. The molecule has 3 rings (SSSR count). The van der Waals surface area contributed by atoms with Crippen molar-refractivity contribution in [2.45, 2.75) is 0 Å². The van der Waals surface area contributed by atoms with Crippen LogP contribution in [0, 0.1) is 3.57 Å². The third-order valence-electron chi connectivity index (χ3n) is 2.99. The molecule has 2 aromatic heterocycles. The van der Waals surface area contributed by atoms with E-state index in [4.69, 9.17) is 4.74 Å². The first-order chi connectivity index (χ1) is 10.2. The van der Waals surface area contributed by atoms with E-state index in [1.54, 1.807) is 12.3 Å². The molecular formula is C15H12IN3O2. The van der Waals surface area contributed by atoms with Crippen molar-refractivity contribution in [3.05, 3.63) is 51.9 Å². The molecule has 0 spiro atoms. The van der Waals surface area contributed by atoms with Gasteiger partial charge < -0.3 is 15.0 Å². The molecule has 0 bridgehead atoms. The lowest BCUT2D eigenvalue weighted by atomic mass is 10.2. The van der Waals surface area contributed by atoms with Gasteiger partial charge in [-0.1, -0.05) is 6.07 Å². The summed E-state index contributed by atoms with van der Waals surface area (Å²) < 4.78 is 5.84. The first-order valence-corrected chi connectivity index (χ1v) is 7.33. The third-order valence-corrected chi connectivity index (χ3v) is 3.66. The Morgan fingerprint density at radius 3 is 2.90 bits per heavy atom. The van der Waals surface area contributed by atoms with Gasteiger partial charge in [-0.3, -0.25) is 0 Å². The molecule has 0 atom stereocenters. The van der Waals surface area contributed by atoms with Crippen LogP contribution in [0.5, 0.6) is 0 Å². The Morgan fingerprint density at radius 1 is 1.29 bits per heavy atom. The number of nitrogens with zero attached hydrogens (tertiary/aromatic N) is 1. The highest BCUT2D eigenvalue weighted by molar-refractivity contribution is 14.1. The second kappa shape index (κ2) is 5.72. The topological polar surface area (TPSA) is 67.0 Å². The molecule has 0 aliphatic carbocycles. The maximum absolute atomic E-state index is 11.5. The summed E-state index contributed by atoms with van der Waals surface area (Å²) in [6.45, 7) is 0. The number of fused-ring (bicyclic) bond motifs is 1. The zero-order valence-corrected chi connectivity index (χ0v) is 13.3. The molecule has 0 amide bonds. The van der Waals surface area contributed by atoms with Crippen LogP contribution in [-0.4, -0.2) is 23.0 Å². The standard InChI is InChI=1S/C15H12IN3O2/c1-21-15(20)13-6-9-5-12(8-17-14(9)19-13)18-11-4-2-3-10(16)7-11/h2-8,18H,1H3,(H,17,19). The quantitative estimate of drug-likeness (QED) is 0.526. The van der Waals surface area contributed by atoms with Crippen LogP contribution in [0.1, 0.15) is 10.5 Å². The fourth-order valence-corrected chi connectivity index (χ4v) is 2.58. The Morgan fingerprint density at radius 2 is 2.14 bits per heavy atom. The highest BCUT2D eigenvalue weighted by Gasteiger charge is 2.10. The predicted molar refractivity (Wildman–Crippen MR) is 89.9 cm³/mol. The van der Waals surface area contributed by atoms with Crippen molar-refractivity contribution < 1.29 is 9.53 Å². The lowest BCUT2D eigenvalue weighted by molar-refractivity contribution is 0.0595. The summed E-state index contributed by atoms with van der Waals surface area (Å²) in [6, 6.07) is 11.7. The molecule has 2 N–H and O–H groups in total. The molecule has 106 valence electrons. The van der Waals surface area contributed by atoms with E-state index in [1.165, 1.54) is 7.11 Å². The number of pyridine rings is 1. The number of aromatic amines is 1. The molecule has 2 heterocycles. The van der Waals surface area contributed by atoms with Crippen LogP contribution in [0.3, 0.4) is 0 Å². The monoisotopic (exact) mass is 393 g/mol. The number of carbonyl (C=O) groups excluding carboxylic acids is 1. The van der Waals surface area contributed by atoms with Gasteiger partial charge in [-0.15, -0.1) is 0 Å². The Kier molecular flexibility index (Phi) is 3.78. The van der Waals surface area contributed by atoms with Crippen LogP contribution in [0.25, 0.3) is 11.0 Å². The smallest absolute Gasteiger partial charge is 0.354 e. The van der Waals surface area contributed by atoms with Crippen LogP contribution >= 0.6 is 22.6 Å². The van der Waals surface area contributed by atoms with Crippen LogP contribution in [-0.2, 0) is 4.74 Å². The van der Waals surface area contributed by atoms with Gasteiger partial charge in [0, 0.05) is 14.6 Å². The summed E-state index contributed by atoms with van der Waals surface area (Å²) in [6.07, 6.45) is 1.72. The van der Waals surface area contributed by atoms with E-state index in [-0.39, 0.29) is 0 Å². The molecule has 0 saturated carbocycles. The number of aromatic nitrogens is 2. The van der Waals surface area contributed by atoms with Gasteiger partial charge >= 0.3 is 5.97 Å². The molecule has 0 aliphatic heterocycles. The molecule has 1 aromatic carbocycles. The maximum Gasteiger partial charge on any atom is 0.354 e. The molecule has 0 unspecified atom stereocenters. The third kappa shape index (κ3) is 2.99. The van der Waals surface area contributed by atoms with Crippen molar-refractivity contribution in [2.24, 2.45) is 0 Å². The summed E-state index contributed by atoms with van der Waals surface area (Å²) in [7, 11) is 1.35. The van der Waals surface area contributed by atoms with Gasteiger partial charge in [0.15, 0.2) is 0 Å². The number of carbonyl (C=O) groups is 1. The van der Waals surface area contributed by atoms with E-state index in [0.29, 0.717) is 11.3 Å². The van der Waals surface area contributed by atoms with Gasteiger partial charge in [0.05, 0.1) is 19.0 Å². The average molecular weight is 393 g/mol. The number of rotatable bonds is 3. The second-order valence-corrected chi connectivity index (χ2v) is 5.72. The molecule has 21 heavy (non-hydrogen) atoms. The van der Waals surface area contributed by atoms with Crippen LogP contribution in [0.15, 0.2) is 42.6 Å². The van der Waals surface area contributed by atoms with Gasteiger partial charge in [-0.25, -0.2) is 9.78 Å². The van der Waals surface area contributed by atoms with E-state index in [1.807, 2.05) is 30.3 Å². The minimum absolute atomic E-state index is 0.395. The lowest BCUT2D eigenvalue weighted by Crippen LogP contribution is -2.00. The first kappa shape index (κ1) is 13.9. The molecule has 0 saturated heterocycles. The fraction of sp³-hybridized carbons (Fsp3) is 0.0667. The van der Waals surface area contributed by atoms with Crippen LogP contribution in [0.4, 0.5) is 11.4 Å². The van der Waals surface area contributed by atoms with Crippen LogP contribution < -0.4 is 5.32 Å². The van der Waals surface area contributed by atoms with Gasteiger partial charge in [0.25, 0.3) is 0 Å². The van der Waals surface area contributed by atoms with Crippen molar-refractivity contribution in [1.82, 2.24) is 9.97 Å². The van der Waals surface area contributed by atoms with E-state index < -0.39 is 5.97 Å². The van der Waals surface area contributed by atoms with E-state index in [0.717, 1.165) is 20.3 Å². The predicted octanol–water partition coefficient (Wildman–Crippen LogP) is 3.70. The highest BCUT2D eigenvalue weighted by Crippen LogP contribution is 2.22. The number of hydrogen-bond acceptors (Lipinski definition) is 4. The number of esters is 1. The summed E-state index contributed by atoms with van der Waals surface area (Å²) in [4.78, 5) is 18.7. The van der Waals surface area contributed by atoms with Crippen LogP contribution in [0.2, 0.25) is 0 Å². The Hall–Kier alpha value is -2.09. The summed E-state index contributed by atoms with van der Waals surface area (Å²) >= 11 is 2.27. The maximum atomic E-state index is 11.5. The Labute approximate surface area is 134 Å². The van der Waals surface area contributed by atoms with Gasteiger partial charge in [-0.2, -0.15) is 0 Å². The molecule has 5 nitrogen and oxygen atoms in total. The number of benzene rings is 1. The number of halogens is 1. The number of anilines is 2.